The highest BCUT2D eigenvalue weighted by Gasteiger charge is 2.12. The lowest BCUT2D eigenvalue weighted by Crippen LogP contribution is -2.22. The summed E-state index contributed by atoms with van der Waals surface area (Å²) in [5, 5.41) is 0. The average molecular weight is 249 g/mol. The Balaban J connectivity index is 2.40. The largest absolute Gasteiger partial charge is 0.493 e. The third kappa shape index (κ3) is 2.09. The van der Waals surface area contributed by atoms with E-state index >= 15 is 0 Å². The van der Waals surface area contributed by atoms with Gasteiger partial charge in [0.25, 0.3) is 0 Å². The quantitative estimate of drug-likeness (QED) is 0.798. The van der Waals surface area contributed by atoms with E-state index in [2.05, 4.69) is 4.98 Å². The molecule has 0 bridgehead atoms. The van der Waals surface area contributed by atoms with Crippen LogP contribution in [0.1, 0.15) is 5.69 Å². The molecule has 6 heteroatoms. The van der Waals surface area contributed by atoms with Crippen LogP contribution in [0.15, 0.2) is 29.5 Å². The lowest BCUT2D eigenvalue weighted by molar-refractivity contribution is 0.348. The zero-order valence-electron chi connectivity index (χ0n) is 10.6. The van der Waals surface area contributed by atoms with E-state index in [1.807, 2.05) is 0 Å². The lowest BCUT2D eigenvalue weighted by Gasteiger charge is -2.11. The third-order valence-corrected chi connectivity index (χ3v) is 2.70. The van der Waals surface area contributed by atoms with Gasteiger partial charge < -0.3 is 14.0 Å². The molecule has 0 aliphatic heterocycles. The van der Waals surface area contributed by atoms with Gasteiger partial charge in [-0.15, -0.1) is 0 Å². The van der Waals surface area contributed by atoms with Crippen LogP contribution >= 0.6 is 0 Å². The minimum Gasteiger partial charge on any atom is -0.493 e. The van der Waals surface area contributed by atoms with Crippen molar-refractivity contribution in [2.24, 2.45) is 7.05 Å². The van der Waals surface area contributed by atoms with E-state index in [9.17, 15) is 4.79 Å². The van der Waals surface area contributed by atoms with Gasteiger partial charge in [0.05, 0.1) is 20.8 Å². The fourth-order valence-corrected chi connectivity index (χ4v) is 1.76. The predicted octanol–water partition coefficient (Wildman–Crippen LogP) is 0.647. The fraction of sp³-hybridized carbons (Fsp3) is 0.333. The first-order valence-electron chi connectivity index (χ1n) is 5.45. The molecule has 0 saturated heterocycles. The smallest absolute Gasteiger partial charge is 0.328 e. The molecule has 0 unspecified atom stereocenters. The highest BCUT2D eigenvalue weighted by molar-refractivity contribution is 5.42. The molecule has 0 aromatic carbocycles. The van der Waals surface area contributed by atoms with Crippen molar-refractivity contribution in [1.82, 2.24) is 14.1 Å². The molecule has 18 heavy (non-hydrogen) atoms. The Kier molecular flexibility index (Phi) is 3.36. The Labute approximate surface area is 104 Å². The van der Waals surface area contributed by atoms with Crippen molar-refractivity contribution in [2.45, 2.75) is 6.54 Å². The van der Waals surface area contributed by atoms with Crippen LogP contribution in [0.25, 0.3) is 0 Å². The van der Waals surface area contributed by atoms with Crippen LogP contribution in [0.3, 0.4) is 0 Å². The van der Waals surface area contributed by atoms with E-state index < -0.39 is 0 Å². The van der Waals surface area contributed by atoms with Crippen molar-refractivity contribution in [3.05, 3.63) is 40.8 Å². The van der Waals surface area contributed by atoms with Crippen molar-refractivity contribution in [3.8, 4) is 11.5 Å². The number of rotatable bonds is 4. The molecule has 0 amide bonds. The van der Waals surface area contributed by atoms with Crippen molar-refractivity contribution in [2.75, 3.05) is 14.2 Å². The Hall–Kier alpha value is -2.24. The molecule has 0 saturated carbocycles. The normalized spacial score (nSPS) is 10.4. The minimum absolute atomic E-state index is 0.0957. The SMILES string of the molecule is COc1ccnc(Cn2ccn(C)c2=O)c1OC. The number of imidazole rings is 1. The molecular weight excluding hydrogens is 234 g/mol. The third-order valence-electron chi connectivity index (χ3n) is 2.70. The maximum Gasteiger partial charge on any atom is 0.328 e. The molecule has 0 atom stereocenters. The second kappa shape index (κ2) is 4.95. The Morgan fingerprint density at radius 3 is 2.61 bits per heavy atom. The van der Waals surface area contributed by atoms with Crippen molar-refractivity contribution >= 4 is 0 Å². The highest BCUT2D eigenvalue weighted by Crippen LogP contribution is 2.29. The molecule has 2 rings (SSSR count). The van der Waals surface area contributed by atoms with Crippen molar-refractivity contribution < 1.29 is 9.47 Å². The topological polar surface area (TPSA) is 58.3 Å². The molecule has 0 N–H and O–H groups in total. The number of hydrogen-bond donors (Lipinski definition) is 0. The molecule has 96 valence electrons. The van der Waals surface area contributed by atoms with Crippen molar-refractivity contribution in [3.63, 3.8) is 0 Å². The first kappa shape index (κ1) is 12.2. The summed E-state index contributed by atoms with van der Waals surface area (Å²) >= 11 is 0. The second-order valence-electron chi connectivity index (χ2n) is 3.81. The van der Waals surface area contributed by atoms with Crippen LogP contribution in [-0.4, -0.2) is 28.3 Å². The lowest BCUT2D eigenvalue weighted by atomic mass is 10.3. The maximum absolute atomic E-state index is 11.8. The van der Waals surface area contributed by atoms with E-state index in [1.54, 1.807) is 50.5 Å². The number of pyridine rings is 1. The fourth-order valence-electron chi connectivity index (χ4n) is 1.76. The van der Waals surface area contributed by atoms with Gasteiger partial charge in [-0.3, -0.25) is 9.55 Å². The average Bonchev–Trinajstić information content (AvgIpc) is 2.70. The van der Waals surface area contributed by atoms with Crippen LogP contribution in [0.4, 0.5) is 0 Å². The van der Waals surface area contributed by atoms with Gasteiger partial charge in [0.1, 0.15) is 5.69 Å². The first-order valence-corrected chi connectivity index (χ1v) is 5.45. The maximum atomic E-state index is 11.8. The zero-order valence-corrected chi connectivity index (χ0v) is 10.6. The van der Waals surface area contributed by atoms with Gasteiger partial charge in [-0.25, -0.2) is 4.79 Å². The molecule has 0 fully saturated rings. The molecule has 0 aliphatic carbocycles. The molecule has 0 radical (unpaired) electrons. The molecule has 2 heterocycles. The summed E-state index contributed by atoms with van der Waals surface area (Å²) in [6.07, 6.45) is 5.04. The van der Waals surface area contributed by atoms with Crippen LogP contribution in [-0.2, 0) is 13.6 Å². The molecule has 6 nitrogen and oxygen atoms in total. The highest BCUT2D eigenvalue weighted by atomic mass is 16.5. The molecule has 2 aromatic rings. The second-order valence-corrected chi connectivity index (χ2v) is 3.81. The molecule has 2 aromatic heterocycles. The summed E-state index contributed by atoms with van der Waals surface area (Å²) in [4.78, 5) is 16.0. The zero-order chi connectivity index (χ0) is 13.1. The molecule has 0 spiro atoms. The van der Waals surface area contributed by atoms with E-state index in [0.717, 1.165) is 0 Å². The van der Waals surface area contributed by atoms with E-state index in [4.69, 9.17) is 9.47 Å². The van der Waals surface area contributed by atoms with Crippen LogP contribution in [0.5, 0.6) is 11.5 Å². The molecule has 0 aliphatic rings. The number of aryl methyl sites for hydroxylation is 1. The standard InChI is InChI=1S/C12H15N3O3/c1-14-6-7-15(12(14)16)8-9-11(18-3)10(17-2)4-5-13-9/h4-7H,8H2,1-3H3. The Bertz CT molecular complexity index is 601. The number of methoxy groups -OCH3 is 2. The van der Waals surface area contributed by atoms with Gasteiger partial charge >= 0.3 is 5.69 Å². The summed E-state index contributed by atoms with van der Waals surface area (Å²) in [6.45, 7) is 0.347. The number of nitrogens with zero attached hydrogens (tertiary/aromatic N) is 3. The summed E-state index contributed by atoms with van der Waals surface area (Å²) in [6, 6.07) is 1.72. The minimum atomic E-state index is -0.0957. The number of aromatic nitrogens is 3. The summed E-state index contributed by atoms with van der Waals surface area (Å²) < 4.78 is 13.5. The monoisotopic (exact) mass is 249 g/mol. The summed E-state index contributed by atoms with van der Waals surface area (Å²) in [5.41, 5.74) is 0.562. The number of hydrogen-bond acceptors (Lipinski definition) is 4. The van der Waals surface area contributed by atoms with Gasteiger partial charge in [0.15, 0.2) is 11.5 Å². The first-order chi connectivity index (χ1) is 8.67. The van der Waals surface area contributed by atoms with Crippen molar-refractivity contribution in [1.29, 1.82) is 0 Å². The number of ether oxygens (including phenoxy) is 2. The van der Waals surface area contributed by atoms with Gasteiger partial charge in [-0.2, -0.15) is 0 Å². The molecular formula is C12H15N3O3. The predicted molar refractivity (Wildman–Crippen MR) is 66.1 cm³/mol. The van der Waals surface area contributed by atoms with Gasteiger partial charge in [-0.1, -0.05) is 0 Å². The van der Waals surface area contributed by atoms with E-state index in [1.165, 1.54) is 4.57 Å². The van der Waals surface area contributed by atoms with Crippen LogP contribution in [0, 0.1) is 0 Å². The summed E-state index contributed by atoms with van der Waals surface area (Å²) in [7, 11) is 4.82. The van der Waals surface area contributed by atoms with E-state index in [0.29, 0.717) is 23.7 Å². The van der Waals surface area contributed by atoms with Gasteiger partial charge in [-0.05, 0) is 0 Å². The van der Waals surface area contributed by atoms with Crippen LogP contribution < -0.4 is 15.2 Å². The Morgan fingerprint density at radius 2 is 2.06 bits per heavy atom. The van der Waals surface area contributed by atoms with E-state index in [-0.39, 0.29) is 5.69 Å². The van der Waals surface area contributed by atoms with Gasteiger partial charge in [0, 0.05) is 31.7 Å². The Morgan fingerprint density at radius 1 is 1.28 bits per heavy atom. The van der Waals surface area contributed by atoms with Crippen LogP contribution in [0.2, 0.25) is 0 Å². The summed E-state index contributed by atoms with van der Waals surface area (Å²) in [5.74, 6) is 1.15. The van der Waals surface area contributed by atoms with Gasteiger partial charge in [0.2, 0.25) is 0 Å².